The number of quaternary nitrogens is 1. The van der Waals surface area contributed by atoms with Gasteiger partial charge in [0, 0.05) is 11.1 Å². The molecule has 0 bridgehead atoms. The number of hydrogen-bond donors (Lipinski definition) is 4. The van der Waals surface area contributed by atoms with Gasteiger partial charge < -0.3 is 35.7 Å². The monoisotopic (exact) mass is 471 g/mol. The number of nitrogens with one attached hydrogen (secondary N) is 2. The fourth-order valence-electron chi connectivity index (χ4n) is 3.37. The van der Waals surface area contributed by atoms with Crippen LogP contribution in [0.2, 0.25) is 0 Å². The highest BCUT2D eigenvalue weighted by molar-refractivity contribution is 5.98. The second-order valence-corrected chi connectivity index (χ2v) is 7.21. The third kappa shape index (κ3) is 5.02. The van der Waals surface area contributed by atoms with Crippen LogP contribution in [0.4, 0.5) is 5.69 Å². The van der Waals surface area contributed by atoms with Crippen LogP contribution >= 0.6 is 0 Å². The first-order chi connectivity index (χ1) is 16.3. The van der Waals surface area contributed by atoms with Crippen LogP contribution in [-0.2, 0) is 9.59 Å². The average molecular weight is 471 g/mol. The summed E-state index contributed by atoms with van der Waals surface area (Å²) in [6.45, 7) is 0. The molecular formula is C22H27N6O6+. The lowest BCUT2D eigenvalue weighted by molar-refractivity contribution is -0.401. The fraction of sp³-hybridized carbons (Fsp3) is 0.273. The predicted molar refractivity (Wildman–Crippen MR) is 123 cm³/mol. The van der Waals surface area contributed by atoms with Crippen molar-refractivity contribution in [3.8, 4) is 45.5 Å². The Morgan fingerprint density at radius 2 is 1.53 bits per heavy atom. The summed E-state index contributed by atoms with van der Waals surface area (Å²) >= 11 is 0. The number of hydrogen-bond acceptors (Lipinski definition) is 8. The molecule has 0 radical (unpaired) electrons. The highest BCUT2D eigenvalue weighted by Crippen LogP contribution is 2.42. The number of anilines is 1. The van der Waals surface area contributed by atoms with Gasteiger partial charge in [0.1, 0.15) is 17.1 Å². The number of benzene rings is 2. The zero-order valence-electron chi connectivity index (χ0n) is 19.3. The van der Waals surface area contributed by atoms with Gasteiger partial charge in [-0.05, 0) is 30.3 Å². The summed E-state index contributed by atoms with van der Waals surface area (Å²) in [5.41, 5.74) is 11.6. The van der Waals surface area contributed by atoms with Crippen LogP contribution in [0.5, 0.6) is 23.0 Å². The van der Waals surface area contributed by atoms with Crippen molar-refractivity contribution in [2.75, 3.05) is 33.8 Å². The normalized spacial score (nSPS) is 11.4. The van der Waals surface area contributed by atoms with Gasteiger partial charge in [0.15, 0.2) is 17.5 Å². The molecule has 2 aromatic carbocycles. The van der Waals surface area contributed by atoms with Crippen molar-refractivity contribution in [2.24, 2.45) is 5.73 Å². The average Bonchev–Trinajstić information content (AvgIpc) is 3.32. The van der Waals surface area contributed by atoms with Crippen molar-refractivity contribution in [3.63, 3.8) is 0 Å². The molecule has 0 saturated carbocycles. The van der Waals surface area contributed by atoms with E-state index in [4.69, 9.17) is 24.7 Å². The Bertz CT molecular complexity index is 1170. The zero-order chi connectivity index (χ0) is 24.8. The first-order valence-corrected chi connectivity index (χ1v) is 10.1. The number of nitrogens with two attached hydrogens (primary N) is 1. The van der Waals surface area contributed by atoms with E-state index in [1.807, 2.05) is 0 Å². The number of methoxy groups -OCH3 is 4. The van der Waals surface area contributed by atoms with Crippen molar-refractivity contribution in [2.45, 2.75) is 12.5 Å². The molecule has 34 heavy (non-hydrogen) atoms. The topological polar surface area (TPSA) is 178 Å². The van der Waals surface area contributed by atoms with Crippen LogP contribution in [0.1, 0.15) is 6.42 Å². The van der Waals surface area contributed by atoms with Crippen molar-refractivity contribution in [1.29, 1.82) is 0 Å². The molecule has 7 N–H and O–H groups in total. The van der Waals surface area contributed by atoms with Crippen LogP contribution < -0.4 is 35.7 Å². The number of aromatic nitrogens is 3. The smallest absolute Gasteiger partial charge is 0.283 e. The molecule has 0 spiro atoms. The number of nitrogens with zero attached hydrogens (tertiary/aromatic N) is 2. The SMILES string of the molecule is COc1ccc(-c2n[nH]nc2-c2cc(OC)c(OC)c(OC)c2)cc1NC(=O)C([NH3+])CC(N)=O. The molecule has 1 unspecified atom stereocenters. The van der Waals surface area contributed by atoms with E-state index >= 15 is 0 Å². The summed E-state index contributed by atoms with van der Waals surface area (Å²) in [6, 6.07) is 7.81. The zero-order valence-corrected chi connectivity index (χ0v) is 19.3. The number of rotatable bonds is 10. The summed E-state index contributed by atoms with van der Waals surface area (Å²) in [6.07, 6.45) is -0.178. The lowest BCUT2D eigenvalue weighted by Gasteiger charge is -2.14. The molecule has 12 heteroatoms. The van der Waals surface area contributed by atoms with Gasteiger partial charge in [0.25, 0.3) is 5.91 Å². The number of carbonyl (C=O) groups excluding carboxylic acids is 2. The van der Waals surface area contributed by atoms with E-state index in [9.17, 15) is 9.59 Å². The van der Waals surface area contributed by atoms with Gasteiger partial charge in [-0.2, -0.15) is 15.4 Å². The van der Waals surface area contributed by atoms with E-state index < -0.39 is 17.9 Å². The summed E-state index contributed by atoms with van der Waals surface area (Å²) in [5, 5.41) is 14.0. The third-order valence-electron chi connectivity index (χ3n) is 5.04. The molecule has 0 aliphatic rings. The molecule has 0 saturated heterocycles. The Labute approximate surface area is 195 Å². The van der Waals surface area contributed by atoms with Gasteiger partial charge in [0.05, 0.1) is 40.5 Å². The molecule has 1 heterocycles. The molecule has 12 nitrogen and oxygen atoms in total. The maximum atomic E-state index is 12.5. The van der Waals surface area contributed by atoms with Gasteiger partial charge in [-0.3, -0.25) is 9.59 Å². The lowest BCUT2D eigenvalue weighted by Crippen LogP contribution is -2.67. The molecule has 2 amide bonds. The lowest BCUT2D eigenvalue weighted by atomic mass is 10.0. The van der Waals surface area contributed by atoms with E-state index in [1.165, 1.54) is 28.4 Å². The van der Waals surface area contributed by atoms with E-state index in [0.29, 0.717) is 51.2 Å². The van der Waals surface area contributed by atoms with E-state index in [0.717, 1.165) is 0 Å². The second kappa shape index (κ2) is 10.5. The van der Waals surface area contributed by atoms with Gasteiger partial charge in [-0.1, -0.05) is 0 Å². The minimum atomic E-state index is -0.854. The summed E-state index contributed by atoms with van der Waals surface area (Å²) < 4.78 is 21.6. The minimum absolute atomic E-state index is 0.178. The summed E-state index contributed by atoms with van der Waals surface area (Å²) in [4.78, 5) is 23.6. The Morgan fingerprint density at radius 1 is 0.941 bits per heavy atom. The number of H-pyrrole nitrogens is 1. The molecule has 0 fully saturated rings. The molecule has 0 aliphatic carbocycles. The Hall–Kier alpha value is -4.32. The fourth-order valence-corrected chi connectivity index (χ4v) is 3.37. The van der Waals surface area contributed by atoms with Crippen LogP contribution in [-0.4, -0.2) is 61.7 Å². The maximum Gasteiger partial charge on any atom is 0.283 e. The van der Waals surface area contributed by atoms with Gasteiger partial charge in [0.2, 0.25) is 11.7 Å². The van der Waals surface area contributed by atoms with Crippen molar-refractivity contribution in [1.82, 2.24) is 15.4 Å². The quantitative estimate of drug-likeness (QED) is 0.332. The van der Waals surface area contributed by atoms with Crippen molar-refractivity contribution >= 4 is 17.5 Å². The summed E-state index contributed by atoms with van der Waals surface area (Å²) in [7, 11) is 6.05. The number of carbonyl (C=O) groups is 2. The van der Waals surface area contributed by atoms with Crippen LogP contribution in [0, 0.1) is 0 Å². The highest BCUT2D eigenvalue weighted by atomic mass is 16.5. The van der Waals surface area contributed by atoms with E-state index in [2.05, 4.69) is 26.5 Å². The number of aromatic amines is 1. The first kappa shape index (κ1) is 24.3. The number of ether oxygens (including phenoxy) is 4. The van der Waals surface area contributed by atoms with Crippen molar-refractivity contribution < 1.29 is 34.3 Å². The molecule has 1 atom stereocenters. The standard InChI is InChI=1S/C22H26N6O6/c1-31-15-6-5-11(7-14(15)25-22(30)13(23)10-18(24)29)19-20(27-28-26-19)12-8-16(32-2)21(34-4)17(9-12)33-3/h5-9,13H,10,23H2,1-4H3,(H2,24,29)(H,25,30)(H,26,27,28)/p+1. The second-order valence-electron chi connectivity index (χ2n) is 7.21. The largest absolute Gasteiger partial charge is 0.495 e. The van der Waals surface area contributed by atoms with Crippen LogP contribution in [0.15, 0.2) is 30.3 Å². The highest BCUT2D eigenvalue weighted by Gasteiger charge is 2.23. The minimum Gasteiger partial charge on any atom is -0.495 e. The van der Waals surface area contributed by atoms with Gasteiger partial charge in [-0.15, -0.1) is 0 Å². The third-order valence-corrected chi connectivity index (χ3v) is 5.04. The molecule has 0 aliphatic heterocycles. The van der Waals surface area contributed by atoms with Gasteiger partial charge in [-0.25, -0.2) is 0 Å². The maximum absolute atomic E-state index is 12.5. The Balaban J connectivity index is 2.02. The summed E-state index contributed by atoms with van der Waals surface area (Å²) in [5.74, 6) is 0.703. The van der Waals surface area contributed by atoms with Crippen molar-refractivity contribution in [3.05, 3.63) is 30.3 Å². The molecule has 180 valence electrons. The van der Waals surface area contributed by atoms with Crippen LogP contribution in [0.3, 0.4) is 0 Å². The first-order valence-electron chi connectivity index (χ1n) is 10.1. The van der Waals surface area contributed by atoms with E-state index in [-0.39, 0.29) is 6.42 Å². The van der Waals surface area contributed by atoms with E-state index in [1.54, 1.807) is 30.3 Å². The van der Waals surface area contributed by atoms with Gasteiger partial charge >= 0.3 is 0 Å². The predicted octanol–water partition coefficient (Wildman–Crippen LogP) is 0.598. The molecule has 1 aromatic heterocycles. The molecular weight excluding hydrogens is 444 g/mol. The van der Waals surface area contributed by atoms with Crippen LogP contribution in [0.25, 0.3) is 22.5 Å². The molecule has 3 rings (SSSR count). The Kier molecular flexibility index (Phi) is 7.53. The molecule has 3 aromatic rings. The number of amides is 2. The number of primary amides is 1. The Morgan fingerprint density at radius 3 is 2.06 bits per heavy atom.